The number of benzene rings is 2. The van der Waals surface area contributed by atoms with Gasteiger partial charge in [0.2, 0.25) is 5.91 Å². The summed E-state index contributed by atoms with van der Waals surface area (Å²) in [7, 11) is 1.65. The number of aryl methyl sites for hydroxylation is 2. The van der Waals surface area contributed by atoms with Crippen LogP contribution < -0.4 is 5.32 Å². The van der Waals surface area contributed by atoms with E-state index in [1.807, 2.05) is 60.9 Å². The molecule has 28 heavy (non-hydrogen) atoms. The van der Waals surface area contributed by atoms with Crippen molar-refractivity contribution in [1.29, 1.82) is 0 Å². The van der Waals surface area contributed by atoms with Gasteiger partial charge in [0, 0.05) is 19.3 Å². The Balaban J connectivity index is 1.85. The standard InChI is InChI=1S/C21H24N4O2S/c1-15-11-16(2)13-18(12-15)23-20(26)19(17-7-5-4-6-8-17)28-21-24-22-14-25(21)9-10-27-3/h4-8,11-14,19H,9-10H2,1-3H3,(H,23,26). The summed E-state index contributed by atoms with van der Waals surface area (Å²) in [6.07, 6.45) is 1.66. The average Bonchev–Trinajstić information content (AvgIpc) is 3.11. The number of methoxy groups -OCH3 is 1. The molecule has 1 unspecified atom stereocenters. The number of rotatable bonds is 8. The number of nitrogens with zero attached hydrogens (tertiary/aromatic N) is 3. The summed E-state index contributed by atoms with van der Waals surface area (Å²) in [6, 6.07) is 15.7. The molecule has 0 saturated heterocycles. The third kappa shape index (κ3) is 5.21. The molecule has 1 aromatic heterocycles. The molecule has 0 saturated carbocycles. The molecule has 0 aliphatic rings. The summed E-state index contributed by atoms with van der Waals surface area (Å²) in [6.45, 7) is 5.22. The first-order valence-electron chi connectivity index (χ1n) is 9.04. The molecule has 0 fully saturated rings. The lowest BCUT2D eigenvalue weighted by molar-refractivity contribution is -0.115. The second kappa shape index (κ2) is 9.52. The summed E-state index contributed by atoms with van der Waals surface area (Å²) in [5.41, 5.74) is 3.93. The van der Waals surface area contributed by atoms with E-state index in [9.17, 15) is 4.79 Å². The maximum absolute atomic E-state index is 13.2. The Kier molecular flexibility index (Phi) is 6.84. The van der Waals surface area contributed by atoms with Gasteiger partial charge in [-0.3, -0.25) is 4.79 Å². The maximum atomic E-state index is 13.2. The van der Waals surface area contributed by atoms with Gasteiger partial charge < -0.3 is 14.6 Å². The Morgan fingerprint density at radius 3 is 2.57 bits per heavy atom. The number of carbonyl (C=O) groups excluding carboxylic acids is 1. The normalized spacial score (nSPS) is 12.0. The number of thioether (sulfide) groups is 1. The minimum absolute atomic E-state index is 0.0949. The van der Waals surface area contributed by atoms with Crippen molar-refractivity contribution >= 4 is 23.4 Å². The predicted molar refractivity (Wildman–Crippen MR) is 111 cm³/mol. The Hall–Kier alpha value is -2.64. The van der Waals surface area contributed by atoms with Crippen molar-refractivity contribution in [2.75, 3.05) is 19.0 Å². The highest BCUT2D eigenvalue weighted by Gasteiger charge is 2.24. The highest BCUT2D eigenvalue weighted by Crippen LogP contribution is 2.35. The molecule has 3 rings (SSSR count). The molecule has 0 aliphatic heterocycles. The van der Waals surface area contributed by atoms with Crippen molar-refractivity contribution in [2.24, 2.45) is 0 Å². The first-order valence-corrected chi connectivity index (χ1v) is 9.92. The summed E-state index contributed by atoms with van der Waals surface area (Å²) in [4.78, 5) is 13.2. The van der Waals surface area contributed by atoms with Gasteiger partial charge in [0.05, 0.1) is 6.61 Å². The molecule has 1 amide bonds. The van der Waals surface area contributed by atoms with Crippen molar-refractivity contribution < 1.29 is 9.53 Å². The van der Waals surface area contributed by atoms with Gasteiger partial charge in [0.1, 0.15) is 11.6 Å². The quantitative estimate of drug-likeness (QED) is 0.583. The zero-order valence-electron chi connectivity index (χ0n) is 16.3. The van der Waals surface area contributed by atoms with E-state index < -0.39 is 5.25 Å². The van der Waals surface area contributed by atoms with Gasteiger partial charge in [-0.25, -0.2) is 0 Å². The summed E-state index contributed by atoms with van der Waals surface area (Å²) in [5, 5.41) is 11.5. The second-order valence-corrected chi connectivity index (χ2v) is 7.65. The second-order valence-electron chi connectivity index (χ2n) is 6.57. The molecule has 2 aromatic carbocycles. The summed E-state index contributed by atoms with van der Waals surface area (Å²) in [5.74, 6) is -0.0949. The summed E-state index contributed by atoms with van der Waals surface area (Å²) < 4.78 is 7.04. The topological polar surface area (TPSA) is 69.0 Å². The SMILES string of the molecule is COCCn1cnnc1SC(C(=O)Nc1cc(C)cc(C)c1)c1ccccc1. The lowest BCUT2D eigenvalue weighted by Crippen LogP contribution is -2.20. The number of nitrogens with one attached hydrogen (secondary N) is 1. The van der Waals surface area contributed by atoms with Gasteiger partial charge >= 0.3 is 0 Å². The number of aromatic nitrogens is 3. The lowest BCUT2D eigenvalue weighted by Gasteiger charge is -2.17. The molecule has 146 valence electrons. The zero-order valence-corrected chi connectivity index (χ0v) is 17.1. The highest BCUT2D eigenvalue weighted by molar-refractivity contribution is 8.00. The molecule has 0 aliphatic carbocycles. The van der Waals surface area contributed by atoms with Gasteiger partial charge in [-0.05, 0) is 42.7 Å². The molecular weight excluding hydrogens is 372 g/mol. The molecule has 0 spiro atoms. The molecule has 6 nitrogen and oxygen atoms in total. The van der Waals surface area contributed by atoms with E-state index in [4.69, 9.17) is 4.74 Å². The third-order valence-electron chi connectivity index (χ3n) is 4.17. The van der Waals surface area contributed by atoms with Crippen LogP contribution in [0.25, 0.3) is 0 Å². The number of ether oxygens (including phenoxy) is 1. The number of amides is 1. The van der Waals surface area contributed by atoms with Gasteiger partial charge in [0.15, 0.2) is 5.16 Å². The Labute approximate surface area is 169 Å². The number of hydrogen-bond acceptors (Lipinski definition) is 5. The van der Waals surface area contributed by atoms with Crippen LogP contribution in [0.3, 0.4) is 0 Å². The first kappa shape index (κ1) is 20.1. The zero-order chi connectivity index (χ0) is 19.9. The van der Waals surface area contributed by atoms with Crippen LogP contribution in [0.15, 0.2) is 60.0 Å². The maximum Gasteiger partial charge on any atom is 0.242 e. The van der Waals surface area contributed by atoms with Crippen LogP contribution in [0.2, 0.25) is 0 Å². The van der Waals surface area contributed by atoms with Crippen molar-refractivity contribution in [1.82, 2.24) is 14.8 Å². The van der Waals surface area contributed by atoms with E-state index in [-0.39, 0.29) is 5.91 Å². The Morgan fingerprint density at radius 2 is 1.89 bits per heavy atom. The number of anilines is 1. The van der Waals surface area contributed by atoms with Gasteiger partial charge in [0.25, 0.3) is 0 Å². The Bertz CT molecular complexity index is 907. The fourth-order valence-electron chi connectivity index (χ4n) is 2.94. The molecule has 1 heterocycles. The third-order valence-corrected chi connectivity index (χ3v) is 5.42. The van der Waals surface area contributed by atoms with Crippen LogP contribution >= 0.6 is 11.8 Å². The van der Waals surface area contributed by atoms with Crippen LogP contribution in [0.4, 0.5) is 5.69 Å². The predicted octanol–water partition coefficient (Wildman–Crippen LogP) is 4.01. The molecule has 7 heteroatoms. The smallest absolute Gasteiger partial charge is 0.242 e. The molecule has 0 radical (unpaired) electrons. The van der Waals surface area contributed by atoms with Crippen LogP contribution in [-0.2, 0) is 16.1 Å². The molecular formula is C21H24N4O2S. The Morgan fingerprint density at radius 1 is 1.18 bits per heavy atom. The van der Waals surface area contributed by atoms with Crippen LogP contribution in [0.1, 0.15) is 21.9 Å². The van der Waals surface area contributed by atoms with Crippen molar-refractivity contribution in [3.63, 3.8) is 0 Å². The molecule has 1 atom stereocenters. The molecule has 3 aromatic rings. The van der Waals surface area contributed by atoms with Crippen molar-refractivity contribution in [3.05, 3.63) is 71.5 Å². The fraction of sp³-hybridized carbons (Fsp3) is 0.286. The minimum atomic E-state index is -0.451. The average molecular weight is 397 g/mol. The molecule has 0 bridgehead atoms. The largest absolute Gasteiger partial charge is 0.383 e. The van der Waals surface area contributed by atoms with E-state index in [0.29, 0.717) is 18.3 Å². The summed E-state index contributed by atoms with van der Waals surface area (Å²) >= 11 is 1.38. The number of carbonyl (C=O) groups is 1. The molecule has 1 N–H and O–H groups in total. The van der Waals surface area contributed by atoms with E-state index >= 15 is 0 Å². The minimum Gasteiger partial charge on any atom is -0.383 e. The highest BCUT2D eigenvalue weighted by atomic mass is 32.2. The van der Waals surface area contributed by atoms with Crippen LogP contribution in [0.5, 0.6) is 0 Å². The van der Waals surface area contributed by atoms with E-state index in [1.54, 1.807) is 13.4 Å². The van der Waals surface area contributed by atoms with Crippen molar-refractivity contribution in [3.8, 4) is 0 Å². The van der Waals surface area contributed by atoms with E-state index in [1.165, 1.54) is 11.8 Å². The monoisotopic (exact) mass is 396 g/mol. The van der Waals surface area contributed by atoms with Gasteiger partial charge in [-0.1, -0.05) is 48.2 Å². The lowest BCUT2D eigenvalue weighted by atomic mass is 10.1. The van der Waals surface area contributed by atoms with Crippen molar-refractivity contribution in [2.45, 2.75) is 30.8 Å². The fourth-order valence-corrected chi connectivity index (χ4v) is 3.98. The van der Waals surface area contributed by atoms with Crippen LogP contribution in [-0.4, -0.2) is 34.4 Å². The van der Waals surface area contributed by atoms with Gasteiger partial charge in [-0.2, -0.15) is 0 Å². The van der Waals surface area contributed by atoms with E-state index in [0.717, 1.165) is 22.4 Å². The van der Waals surface area contributed by atoms with Crippen LogP contribution in [0, 0.1) is 13.8 Å². The first-order chi connectivity index (χ1) is 13.6. The van der Waals surface area contributed by atoms with E-state index in [2.05, 4.69) is 21.6 Å². The number of hydrogen-bond donors (Lipinski definition) is 1. The van der Waals surface area contributed by atoms with Gasteiger partial charge in [-0.15, -0.1) is 10.2 Å².